The number of benzene rings is 1. The fraction of sp³-hybridized carbons (Fsp3) is 0.333. The third-order valence-corrected chi connectivity index (χ3v) is 2.19. The first kappa shape index (κ1) is 10.3. The van der Waals surface area contributed by atoms with E-state index in [1.807, 2.05) is 12.1 Å². The summed E-state index contributed by atoms with van der Waals surface area (Å²) in [5.74, 6) is 0.720. The largest absolute Gasteiger partial charge is 0.497 e. The van der Waals surface area contributed by atoms with E-state index in [1.54, 1.807) is 13.2 Å². The number of methoxy groups -OCH3 is 1. The standard InChI is InChI=1S/C9H13ClN2O/c1-13-6-2-3-7(8(10)4-6)9(12)5-11/h2-4,9H,5,11-12H2,1H3/t9-/m1/s1. The van der Waals surface area contributed by atoms with Gasteiger partial charge in [0, 0.05) is 17.6 Å². The van der Waals surface area contributed by atoms with Crippen LogP contribution in [0, 0.1) is 0 Å². The van der Waals surface area contributed by atoms with Gasteiger partial charge in [0.2, 0.25) is 0 Å². The Balaban J connectivity index is 2.98. The van der Waals surface area contributed by atoms with Crippen LogP contribution >= 0.6 is 11.6 Å². The van der Waals surface area contributed by atoms with Gasteiger partial charge in [-0.1, -0.05) is 17.7 Å². The second kappa shape index (κ2) is 4.46. The quantitative estimate of drug-likeness (QED) is 0.774. The Bertz CT molecular complexity index is 291. The summed E-state index contributed by atoms with van der Waals surface area (Å²) in [6, 6.07) is 5.17. The lowest BCUT2D eigenvalue weighted by atomic mass is 10.1. The molecule has 0 amide bonds. The first-order chi connectivity index (χ1) is 6.19. The molecule has 0 unspecified atom stereocenters. The van der Waals surface area contributed by atoms with Crippen LogP contribution in [0.25, 0.3) is 0 Å². The summed E-state index contributed by atoms with van der Waals surface area (Å²) in [6.07, 6.45) is 0. The van der Waals surface area contributed by atoms with E-state index in [4.69, 9.17) is 27.8 Å². The summed E-state index contributed by atoms with van der Waals surface area (Å²) in [6.45, 7) is 0.381. The molecule has 0 spiro atoms. The van der Waals surface area contributed by atoms with Crippen molar-refractivity contribution in [1.29, 1.82) is 0 Å². The smallest absolute Gasteiger partial charge is 0.120 e. The van der Waals surface area contributed by atoms with Crippen molar-refractivity contribution in [2.75, 3.05) is 13.7 Å². The van der Waals surface area contributed by atoms with Crippen molar-refractivity contribution >= 4 is 11.6 Å². The van der Waals surface area contributed by atoms with Crippen LogP contribution in [0.3, 0.4) is 0 Å². The maximum Gasteiger partial charge on any atom is 0.120 e. The first-order valence-electron chi connectivity index (χ1n) is 3.98. The van der Waals surface area contributed by atoms with Crippen LogP contribution in [0.2, 0.25) is 5.02 Å². The number of hydrogen-bond donors (Lipinski definition) is 2. The molecular weight excluding hydrogens is 188 g/mol. The van der Waals surface area contributed by atoms with E-state index < -0.39 is 0 Å². The lowest BCUT2D eigenvalue weighted by Gasteiger charge is -2.11. The second-order valence-electron chi connectivity index (χ2n) is 2.73. The van der Waals surface area contributed by atoms with Gasteiger partial charge in [-0.2, -0.15) is 0 Å². The molecule has 13 heavy (non-hydrogen) atoms. The van der Waals surface area contributed by atoms with Gasteiger partial charge in [-0.25, -0.2) is 0 Å². The summed E-state index contributed by atoms with van der Waals surface area (Å²) < 4.78 is 5.01. The molecule has 4 N–H and O–H groups in total. The van der Waals surface area contributed by atoms with Crippen LogP contribution < -0.4 is 16.2 Å². The lowest BCUT2D eigenvalue weighted by molar-refractivity contribution is 0.414. The van der Waals surface area contributed by atoms with Crippen molar-refractivity contribution in [3.8, 4) is 5.75 Å². The molecule has 1 rings (SSSR count). The van der Waals surface area contributed by atoms with Crippen molar-refractivity contribution in [2.45, 2.75) is 6.04 Å². The highest BCUT2D eigenvalue weighted by molar-refractivity contribution is 6.31. The van der Waals surface area contributed by atoms with Crippen LogP contribution in [0.5, 0.6) is 5.75 Å². The topological polar surface area (TPSA) is 61.3 Å². The molecule has 72 valence electrons. The molecule has 3 nitrogen and oxygen atoms in total. The van der Waals surface area contributed by atoms with Gasteiger partial charge in [0.15, 0.2) is 0 Å². The van der Waals surface area contributed by atoms with E-state index in [1.165, 1.54) is 0 Å². The predicted octanol–water partition coefficient (Wildman–Crippen LogP) is 1.31. The van der Waals surface area contributed by atoms with Gasteiger partial charge < -0.3 is 16.2 Å². The number of halogens is 1. The van der Waals surface area contributed by atoms with Crippen molar-refractivity contribution < 1.29 is 4.74 Å². The van der Waals surface area contributed by atoms with Gasteiger partial charge >= 0.3 is 0 Å². The molecule has 0 saturated carbocycles. The molecule has 0 aliphatic rings. The Hall–Kier alpha value is -0.770. The number of rotatable bonds is 3. The number of ether oxygens (including phenoxy) is 1. The summed E-state index contributed by atoms with van der Waals surface area (Å²) in [4.78, 5) is 0. The number of hydrogen-bond acceptors (Lipinski definition) is 3. The van der Waals surface area contributed by atoms with Crippen LogP contribution in [0.4, 0.5) is 0 Å². The molecule has 0 aliphatic heterocycles. The Morgan fingerprint density at radius 1 is 1.54 bits per heavy atom. The Labute approximate surface area is 82.6 Å². The lowest BCUT2D eigenvalue weighted by Crippen LogP contribution is -2.20. The minimum atomic E-state index is -0.210. The fourth-order valence-corrected chi connectivity index (χ4v) is 1.37. The Kier molecular flexibility index (Phi) is 3.54. The van der Waals surface area contributed by atoms with E-state index in [-0.39, 0.29) is 6.04 Å². The Morgan fingerprint density at radius 3 is 2.69 bits per heavy atom. The molecule has 1 aromatic carbocycles. The minimum absolute atomic E-state index is 0.210. The molecule has 0 radical (unpaired) electrons. The number of nitrogens with two attached hydrogens (primary N) is 2. The summed E-state index contributed by atoms with van der Waals surface area (Å²) >= 11 is 5.97. The van der Waals surface area contributed by atoms with Crippen LogP contribution in [0.15, 0.2) is 18.2 Å². The fourth-order valence-electron chi connectivity index (χ4n) is 1.06. The summed E-state index contributed by atoms with van der Waals surface area (Å²) in [7, 11) is 1.59. The average molecular weight is 201 g/mol. The zero-order valence-electron chi connectivity index (χ0n) is 7.46. The third-order valence-electron chi connectivity index (χ3n) is 1.86. The van der Waals surface area contributed by atoms with Crippen molar-refractivity contribution in [2.24, 2.45) is 11.5 Å². The van der Waals surface area contributed by atoms with E-state index in [9.17, 15) is 0 Å². The van der Waals surface area contributed by atoms with Gasteiger partial charge in [0.25, 0.3) is 0 Å². The second-order valence-corrected chi connectivity index (χ2v) is 3.14. The van der Waals surface area contributed by atoms with E-state index >= 15 is 0 Å². The first-order valence-corrected chi connectivity index (χ1v) is 4.36. The van der Waals surface area contributed by atoms with Gasteiger partial charge in [-0.3, -0.25) is 0 Å². The van der Waals surface area contributed by atoms with Gasteiger partial charge in [0.1, 0.15) is 5.75 Å². The molecule has 0 fully saturated rings. The van der Waals surface area contributed by atoms with E-state index in [0.29, 0.717) is 11.6 Å². The molecule has 0 saturated heterocycles. The maximum absolute atomic E-state index is 5.97. The van der Waals surface area contributed by atoms with Gasteiger partial charge in [-0.15, -0.1) is 0 Å². The zero-order valence-corrected chi connectivity index (χ0v) is 8.21. The van der Waals surface area contributed by atoms with Gasteiger partial charge in [-0.05, 0) is 17.7 Å². The predicted molar refractivity (Wildman–Crippen MR) is 54.0 cm³/mol. The van der Waals surface area contributed by atoms with Crippen LogP contribution in [-0.4, -0.2) is 13.7 Å². The SMILES string of the molecule is COc1ccc([C@H](N)CN)c(Cl)c1. The van der Waals surface area contributed by atoms with Crippen LogP contribution in [-0.2, 0) is 0 Å². The van der Waals surface area contributed by atoms with Crippen LogP contribution in [0.1, 0.15) is 11.6 Å². The summed E-state index contributed by atoms with van der Waals surface area (Å²) in [5, 5.41) is 0.595. The molecule has 1 atom stereocenters. The van der Waals surface area contributed by atoms with Gasteiger partial charge in [0.05, 0.1) is 7.11 Å². The molecule has 4 heteroatoms. The normalized spacial score (nSPS) is 12.6. The Morgan fingerprint density at radius 2 is 2.23 bits per heavy atom. The maximum atomic E-state index is 5.97. The average Bonchev–Trinajstić information content (AvgIpc) is 2.16. The summed E-state index contributed by atoms with van der Waals surface area (Å²) in [5.41, 5.74) is 12.0. The molecule has 0 aliphatic carbocycles. The minimum Gasteiger partial charge on any atom is -0.497 e. The zero-order chi connectivity index (χ0) is 9.84. The highest BCUT2D eigenvalue weighted by atomic mass is 35.5. The highest BCUT2D eigenvalue weighted by Gasteiger charge is 2.08. The monoisotopic (exact) mass is 200 g/mol. The van der Waals surface area contributed by atoms with E-state index in [0.717, 1.165) is 11.3 Å². The molecule has 0 heterocycles. The molecule has 0 aromatic heterocycles. The highest BCUT2D eigenvalue weighted by Crippen LogP contribution is 2.25. The molecular formula is C9H13ClN2O. The molecule has 1 aromatic rings. The third kappa shape index (κ3) is 2.34. The van der Waals surface area contributed by atoms with Crippen molar-refractivity contribution in [1.82, 2.24) is 0 Å². The van der Waals surface area contributed by atoms with E-state index in [2.05, 4.69) is 0 Å². The molecule has 0 bridgehead atoms. The van der Waals surface area contributed by atoms with Crippen molar-refractivity contribution in [3.05, 3.63) is 28.8 Å². The van der Waals surface area contributed by atoms with Crippen molar-refractivity contribution in [3.63, 3.8) is 0 Å².